The molecular formula is C19H22F3N3O3. The van der Waals surface area contributed by atoms with Crippen molar-refractivity contribution in [3.05, 3.63) is 39.8 Å². The molecular weight excluding hydrogens is 375 g/mol. The highest BCUT2D eigenvalue weighted by Gasteiger charge is 2.31. The number of rotatable bonds is 4. The Bertz CT molecular complexity index is 932. The summed E-state index contributed by atoms with van der Waals surface area (Å²) >= 11 is 0. The Kier molecular flexibility index (Phi) is 5.74. The van der Waals surface area contributed by atoms with Crippen LogP contribution in [-0.2, 0) is 23.9 Å². The minimum atomic E-state index is -4.51. The standard InChI is InChI=1S/C19H22F3N3O3/c1-2-16-15-9-11(19(20,21)22)3-8-14(15)18(28)25(24-16)10-17(27)23-12-4-6-13(26)7-5-12/h3,8-9,12-13,26H,2,4-7,10H2,1H3,(H,23,27). The van der Waals surface area contributed by atoms with Gasteiger partial charge in [-0.1, -0.05) is 6.92 Å². The van der Waals surface area contributed by atoms with Crippen LogP contribution in [0.15, 0.2) is 23.0 Å². The summed E-state index contributed by atoms with van der Waals surface area (Å²) in [5.41, 5.74) is -1.12. The van der Waals surface area contributed by atoms with Crippen molar-refractivity contribution in [3.8, 4) is 0 Å². The van der Waals surface area contributed by atoms with E-state index in [1.165, 1.54) is 0 Å². The summed E-state index contributed by atoms with van der Waals surface area (Å²) < 4.78 is 39.9. The summed E-state index contributed by atoms with van der Waals surface area (Å²) in [4.78, 5) is 24.9. The largest absolute Gasteiger partial charge is 0.416 e. The second-order valence-electron chi connectivity index (χ2n) is 7.09. The van der Waals surface area contributed by atoms with Crippen LogP contribution in [0.3, 0.4) is 0 Å². The van der Waals surface area contributed by atoms with Gasteiger partial charge in [0.25, 0.3) is 5.56 Å². The molecule has 1 aromatic heterocycles. The normalized spacial score (nSPS) is 20.3. The number of hydrogen-bond donors (Lipinski definition) is 2. The lowest BCUT2D eigenvalue weighted by atomic mass is 9.93. The van der Waals surface area contributed by atoms with Crippen molar-refractivity contribution in [1.82, 2.24) is 15.1 Å². The second kappa shape index (κ2) is 7.90. The minimum Gasteiger partial charge on any atom is -0.393 e. The van der Waals surface area contributed by atoms with Gasteiger partial charge in [0, 0.05) is 11.4 Å². The van der Waals surface area contributed by atoms with Crippen LogP contribution in [0.1, 0.15) is 43.9 Å². The maximum Gasteiger partial charge on any atom is 0.416 e. The predicted octanol–water partition coefficient (Wildman–Crippen LogP) is 2.40. The highest BCUT2D eigenvalue weighted by Crippen LogP contribution is 2.31. The van der Waals surface area contributed by atoms with Crippen molar-refractivity contribution in [1.29, 1.82) is 0 Å². The Hall–Kier alpha value is -2.42. The molecule has 1 aliphatic rings. The zero-order valence-electron chi connectivity index (χ0n) is 15.4. The van der Waals surface area contributed by atoms with Crippen molar-refractivity contribution in [2.75, 3.05) is 0 Å². The summed E-state index contributed by atoms with van der Waals surface area (Å²) in [5.74, 6) is -0.385. The smallest absolute Gasteiger partial charge is 0.393 e. The molecule has 0 saturated heterocycles. The summed E-state index contributed by atoms with van der Waals surface area (Å²) in [6.07, 6.45) is -1.99. The molecule has 28 heavy (non-hydrogen) atoms. The molecule has 2 N–H and O–H groups in total. The molecule has 1 fully saturated rings. The zero-order chi connectivity index (χ0) is 20.5. The van der Waals surface area contributed by atoms with Gasteiger partial charge in [0.05, 0.1) is 22.7 Å². The molecule has 0 atom stereocenters. The number of fused-ring (bicyclic) bond motifs is 1. The van der Waals surface area contributed by atoms with Gasteiger partial charge in [-0.15, -0.1) is 0 Å². The number of alkyl halides is 3. The van der Waals surface area contributed by atoms with Gasteiger partial charge in [0.2, 0.25) is 5.91 Å². The number of aliphatic hydroxyl groups excluding tert-OH is 1. The third kappa shape index (κ3) is 4.35. The number of benzene rings is 1. The van der Waals surface area contributed by atoms with E-state index >= 15 is 0 Å². The number of hydrogen-bond acceptors (Lipinski definition) is 4. The lowest BCUT2D eigenvalue weighted by molar-refractivity contribution is -0.137. The van der Waals surface area contributed by atoms with Crippen LogP contribution in [0.2, 0.25) is 0 Å². The molecule has 1 saturated carbocycles. The molecule has 0 aliphatic heterocycles. The summed E-state index contributed by atoms with van der Waals surface area (Å²) in [6.45, 7) is 1.42. The van der Waals surface area contributed by atoms with Gasteiger partial charge in [-0.3, -0.25) is 9.59 Å². The molecule has 6 nitrogen and oxygen atoms in total. The molecule has 0 radical (unpaired) electrons. The number of amides is 1. The number of nitrogens with one attached hydrogen (secondary N) is 1. The van der Waals surface area contributed by atoms with Gasteiger partial charge in [0.1, 0.15) is 6.54 Å². The molecule has 2 aromatic rings. The van der Waals surface area contributed by atoms with Crippen LogP contribution in [-0.4, -0.2) is 32.9 Å². The Morgan fingerprint density at radius 3 is 2.54 bits per heavy atom. The van der Waals surface area contributed by atoms with Gasteiger partial charge in [-0.2, -0.15) is 18.3 Å². The average molecular weight is 397 g/mol. The van der Waals surface area contributed by atoms with Gasteiger partial charge in [-0.05, 0) is 50.3 Å². The Labute approximate surface area is 159 Å². The monoisotopic (exact) mass is 397 g/mol. The molecule has 1 heterocycles. The van der Waals surface area contributed by atoms with Crippen LogP contribution < -0.4 is 10.9 Å². The number of carbonyl (C=O) groups excluding carboxylic acids is 1. The number of aliphatic hydroxyl groups is 1. The Balaban J connectivity index is 1.86. The van der Waals surface area contributed by atoms with E-state index in [0.717, 1.165) is 22.9 Å². The predicted molar refractivity (Wildman–Crippen MR) is 96.8 cm³/mol. The summed E-state index contributed by atoms with van der Waals surface area (Å²) in [6, 6.07) is 2.87. The molecule has 9 heteroatoms. The maximum absolute atomic E-state index is 13.0. The van der Waals surface area contributed by atoms with Crippen molar-refractivity contribution >= 4 is 16.7 Å². The number of carbonyl (C=O) groups is 1. The second-order valence-corrected chi connectivity index (χ2v) is 7.09. The van der Waals surface area contributed by atoms with E-state index in [-0.39, 0.29) is 35.4 Å². The number of nitrogens with zero attached hydrogens (tertiary/aromatic N) is 2. The van der Waals surface area contributed by atoms with E-state index in [1.807, 2.05) is 0 Å². The highest BCUT2D eigenvalue weighted by atomic mass is 19.4. The van der Waals surface area contributed by atoms with E-state index in [2.05, 4.69) is 10.4 Å². The van der Waals surface area contributed by atoms with Crippen molar-refractivity contribution < 1.29 is 23.1 Å². The molecule has 152 valence electrons. The number of aromatic nitrogens is 2. The molecule has 0 bridgehead atoms. The molecule has 1 aliphatic carbocycles. The van der Waals surface area contributed by atoms with Crippen molar-refractivity contribution in [2.45, 2.75) is 63.9 Å². The van der Waals surface area contributed by atoms with Crippen LogP contribution >= 0.6 is 0 Å². The Morgan fingerprint density at radius 1 is 1.25 bits per heavy atom. The first kappa shape index (κ1) is 20.3. The van der Waals surface area contributed by atoms with Crippen molar-refractivity contribution in [2.24, 2.45) is 0 Å². The fourth-order valence-corrected chi connectivity index (χ4v) is 3.53. The SMILES string of the molecule is CCc1nn(CC(=O)NC2CCC(O)CC2)c(=O)c2ccc(C(F)(F)F)cc12. The lowest BCUT2D eigenvalue weighted by Gasteiger charge is -2.26. The number of aryl methyl sites for hydroxylation is 1. The van der Waals surface area contributed by atoms with Crippen molar-refractivity contribution in [3.63, 3.8) is 0 Å². The Morgan fingerprint density at radius 2 is 1.93 bits per heavy atom. The highest BCUT2D eigenvalue weighted by molar-refractivity contribution is 5.85. The minimum absolute atomic E-state index is 0.0629. The summed E-state index contributed by atoms with van der Waals surface area (Å²) in [5, 5.41) is 16.7. The average Bonchev–Trinajstić information content (AvgIpc) is 2.64. The van der Waals surface area contributed by atoms with E-state index in [0.29, 0.717) is 37.8 Å². The third-order valence-corrected chi connectivity index (χ3v) is 5.05. The van der Waals surface area contributed by atoms with Crippen LogP contribution in [0.4, 0.5) is 13.2 Å². The first-order valence-electron chi connectivity index (χ1n) is 9.27. The van der Waals surface area contributed by atoms with Crippen LogP contribution in [0.5, 0.6) is 0 Å². The van der Waals surface area contributed by atoms with Gasteiger partial charge in [0.15, 0.2) is 0 Å². The first-order valence-corrected chi connectivity index (χ1v) is 9.27. The molecule has 1 amide bonds. The van der Waals surface area contributed by atoms with Gasteiger partial charge >= 0.3 is 6.18 Å². The molecule has 0 spiro atoms. The summed E-state index contributed by atoms with van der Waals surface area (Å²) in [7, 11) is 0. The van der Waals surface area contributed by atoms with Gasteiger partial charge in [-0.25, -0.2) is 4.68 Å². The zero-order valence-corrected chi connectivity index (χ0v) is 15.4. The molecule has 1 aromatic carbocycles. The van der Waals surface area contributed by atoms with Crippen LogP contribution in [0.25, 0.3) is 10.8 Å². The third-order valence-electron chi connectivity index (χ3n) is 5.05. The van der Waals surface area contributed by atoms with E-state index in [9.17, 15) is 27.9 Å². The number of halogens is 3. The van der Waals surface area contributed by atoms with E-state index in [1.54, 1.807) is 6.92 Å². The quantitative estimate of drug-likeness (QED) is 0.830. The van der Waals surface area contributed by atoms with E-state index < -0.39 is 17.3 Å². The lowest BCUT2D eigenvalue weighted by Crippen LogP contribution is -2.42. The first-order chi connectivity index (χ1) is 13.2. The fraction of sp³-hybridized carbons (Fsp3) is 0.526. The molecule has 0 unspecified atom stereocenters. The fourth-order valence-electron chi connectivity index (χ4n) is 3.53. The molecule has 3 rings (SSSR count). The topological polar surface area (TPSA) is 84.2 Å². The van der Waals surface area contributed by atoms with E-state index in [4.69, 9.17) is 0 Å². The van der Waals surface area contributed by atoms with Crippen LogP contribution in [0, 0.1) is 0 Å². The maximum atomic E-state index is 13.0. The van der Waals surface area contributed by atoms with Gasteiger partial charge < -0.3 is 10.4 Å².